The van der Waals surface area contributed by atoms with Crippen LogP contribution in [0.2, 0.25) is 0 Å². The Balaban J connectivity index is 2.28. The molecule has 0 aliphatic heterocycles. The SMILES string of the molecule is C[C@H](C(=O)O)n1cc(-c2ncc[nH]2)c2ccccc21. The van der Waals surface area contributed by atoms with Crippen LogP contribution in [-0.2, 0) is 4.79 Å². The molecule has 1 aromatic carbocycles. The molecule has 0 unspecified atom stereocenters. The number of hydrogen-bond donors (Lipinski definition) is 2. The molecule has 0 amide bonds. The molecule has 0 spiro atoms. The van der Waals surface area contributed by atoms with Crippen molar-refractivity contribution in [2.75, 3.05) is 0 Å². The Labute approximate surface area is 109 Å². The minimum absolute atomic E-state index is 0.617. The Morgan fingerprint density at radius 3 is 2.89 bits per heavy atom. The summed E-state index contributed by atoms with van der Waals surface area (Å²) in [4.78, 5) is 18.5. The molecule has 0 aliphatic rings. The molecule has 5 heteroatoms. The highest BCUT2D eigenvalue weighted by molar-refractivity contribution is 5.95. The summed E-state index contributed by atoms with van der Waals surface area (Å²) < 4.78 is 1.76. The highest BCUT2D eigenvalue weighted by Gasteiger charge is 2.18. The molecule has 3 aromatic rings. The number of aromatic nitrogens is 3. The first kappa shape index (κ1) is 11.5. The van der Waals surface area contributed by atoms with E-state index in [0.29, 0.717) is 0 Å². The number of aromatic amines is 1. The number of H-pyrrole nitrogens is 1. The number of carbonyl (C=O) groups is 1. The molecule has 3 rings (SSSR count). The van der Waals surface area contributed by atoms with Crippen molar-refractivity contribution in [3.63, 3.8) is 0 Å². The van der Waals surface area contributed by atoms with Crippen LogP contribution in [0.25, 0.3) is 22.3 Å². The van der Waals surface area contributed by atoms with E-state index >= 15 is 0 Å². The molecule has 2 N–H and O–H groups in total. The van der Waals surface area contributed by atoms with Crippen LogP contribution in [0, 0.1) is 0 Å². The Morgan fingerprint density at radius 1 is 1.42 bits per heavy atom. The predicted molar refractivity (Wildman–Crippen MR) is 71.9 cm³/mol. The van der Waals surface area contributed by atoms with Gasteiger partial charge in [-0.15, -0.1) is 0 Å². The van der Waals surface area contributed by atoms with Gasteiger partial charge in [-0.05, 0) is 13.0 Å². The number of imidazole rings is 1. The lowest BCUT2D eigenvalue weighted by Crippen LogP contribution is -2.14. The largest absolute Gasteiger partial charge is 0.480 e. The molecule has 96 valence electrons. The van der Waals surface area contributed by atoms with E-state index in [4.69, 9.17) is 0 Å². The van der Waals surface area contributed by atoms with Crippen molar-refractivity contribution in [2.24, 2.45) is 0 Å². The van der Waals surface area contributed by atoms with Crippen LogP contribution in [-0.4, -0.2) is 25.6 Å². The molecule has 0 fully saturated rings. The standard InChI is InChI=1S/C14H13N3O2/c1-9(14(18)19)17-8-11(13-15-6-7-16-13)10-4-2-3-5-12(10)17/h2-9H,1H3,(H,15,16)(H,18,19)/t9-/m1/s1. The molecule has 0 saturated heterocycles. The van der Waals surface area contributed by atoms with E-state index in [1.165, 1.54) is 0 Å². The zero-order valence-corrected chi connectivity index (χ0v) is 10.4. The molecular weight excluding hydrogens is 242 g/mol. The fourth-order valence-electron chi connectivity index (χ4n) is 2.25. The normalized spacial score (nSPS) is 12.7. The van der Waals surface area contributed by atoms with E-state index in [9.17, 15) is 9.90 Å². The van der Waals surface area contributed by atoms with Gasteiger partial charge >= 0.3 is 5.97 Å². The molecule has 0 radical (unpaired) electrons. The molecular formula is C14H13N3O2. The van der Waals surface area contributed by atoms with Crippen LogP contribution in [0.5, 0.6) is 0 Å². The van der Waals surface area contributed by atoms with Gasteiger partial charge in [0, 0.05) is 35.1 Å². The topological polar surface area (TPSA) is 70.9 Å². The fraction of sp³-hybridized carbons (Fsp3) is 0.143. The summed E-state index contributed by atoms with van der Waals surface area (Å²) in [7, 11) is 0. The van der Waals surface area contributed by atoms with E-state index in [2.05, 4.69) is 9.97 Å². The number of benzene rings is 1. The van der Waals surface area contributed by atoms with Gasteiger partial charge in [0.05, 0.1) is 0 Å². The Morgan fingerprint density at radius 2 is 2.21 bits per heavy atom. The molecule has 2 aromatic heterocycles. The van der Waals surface area contributed by atoms with Crippen LogP contribution in [0.15, 0.2) is 42.9 Å². The number of nitrogens with zero attached hydrogens (tertiary/aromatic N) is 2. The number of carboxylic acid groups (broad SMARTS) is 1. The van der Waals surface area contributed by atoms with Gasteiger partial charge in [0.1, 0.15) is 11.9 Å². The highest BCUT2D eigenvalue weighted by atomic mass is 16.4. The molecule has 1 atom stereocenters. The number of carboxylic acids is 1. The first-order chi connectivity index (χ1) is 9.18. The zero-order valence-electron chi connectivity index (χ0n) is 10.4. The van der Waals surface area contributed by atoms with Crippen molar-refractivity contribution in [1.29, 1.82) is 0 Å². The van der Waals surface area contributed by atoms with Crippen molar-refractivity contribution >= 4 is 16.9 Å². The Hall–Kier alpha value is -2.56. The summed E-state index contributed by atoms with van der Waals surface area (Å²) in [6, 6.07) is 7.11. The number of fused-ring (bicyclic) bond motifs is 1. The smallest absolute Gasteiger partial charge is 0.326 e. The number of rotatable bonds is 3. The summed E-state index contributed by atoms with van der Waals surface area (Å²) in [6.07, 6.45) is 5.27. The van der Waals surface area contributed by atoms with Crippen LogP contribution in [0.1, 0.15) is 13.0 Å². The summed E-state index contributed by atoms with van der Waals surface area (Å²) >= 11 is 0. The van der Waals surface area contributed by atoms with E-state index < -0.39 is 12.0 Å². The quantitative estimate of drug-likeness (QED) is 0.755. The minimum Gasteiger partial charge on any atom is -0.480 e. The molecule has 19 heavy (non-hydrogen) atoms. The highest BCUT2D eigenvalue weighted by Crippen LogP contribution is 2.30. The Bertz CT molecular complexity index is 728. The second-order valence-electron chi connectivity index (χ2n) is 4.42. The first-order valence-corrected chi connectivity index (χ1v) is 6.00. The van der Waals surface area contributed by atoms with Crippen LogP contribution < -0.4 is 0 Å². The van der Waals surface area contributed by atoms with Gasteiger partial charge in [-0.25, -0.2) is 9.78 Å². The number of nitrogens with one attached hydrogen (secondary N) is 1. The van der Waals surface area contributed by atoms with Gasteiger partial charge < -0.3 is 14.7 Å². The van der Waals surface area contributed by atoms with Crippen LogP contribution in [0.4, 0.5) is 0 Å². The third-order valence-corrected chi connectivity index (χ3v) is 3.27. The number of hydrogen-bond acceptors (Lipinski definition) is 2. The zero-order chi connectivity index (χ0) is 13.4. The van der Waals surface area contributed by atoms with E-state index in [0.717, 1.165) is 22.3 Å². The van der Waals surface area contributed by atoms with E-state index in [1.54, 1.807) is 23.9 Å². The molecule has 5 nitrogen and oxygen atoms in total. The maximum atomic E-state index is 11.2. The van der Waals surface area contributed by atoms with Crippen LogP contribution >= 0.6 is 0 Å². The Kier molecular flexibility index (Phi) is 2.59. The number of aliphatic carboxylic acids is 1. The second kappa shape index (κ2) is 4.28. The van der Waals surface area contributed by atoms with Crippen molar-refractivity contribution in [3.05, 3.63) is 42.9 Å². The lowest BCUT2D eigenvalue weighted by molar-refractivity contribution is -0.140. The monoisotopic (exact) mass is 255 g/mol. The maximum absolute atomic E-state index is 11.2. The summed E-state index contributed by atoms with van der Waals surface area (Å²) in [5.41, 5.74) is 1.80. The molecule has 0 aliphatic carbocycles. The van der Waals surface area contributed by atoms with Crippen molar-refractivity contribution in [1.82, 2.24) is 14.5 Å². The fourth-order valence-corrected chi connectivity index (χ4v) is 2.25. The number of para-hydroxylation sites is 1. The van der Waals surface area contributed by atoms with Gasteiger partial charge in [-0.2, -0.15) is 0 Å². The predicted octanol–water partition coefficient (Wildman–Crippen LogP) is 2.68. The molecule has 0 bridgehead atoms. The summed E-state index contributed by atoms with van der Waals surface area (Å²) in [5, 5.41) is 10.2. The molecule has 0 saturated carbocycles. The lowest BCUT2D eigenvalue weighted by atomic mass is 10.2. The average Bonchev–Trinajstić information content (AvgIpc) is 3.04. The minimum atomic E-state index is -0.855. The van der Waals surface area contributed by atoms with Crippen molar-refractivity contribution in [3.8, 4) is 11.4 Å². The van der Waals surface area contributed by atoms with E-state index in [-0.39, 0.29) is 0 Å². The summed E-state index contributed by atoms with van der Waals surface area (Å²) in [5.74, 6) is -0.112. The van der Waals surface area contributed by atoms with Gasteiger partial charge in [-0.1, -0.05) is 18.2 Å². The van der Waals surface area contributed by atoms with Crippen molar-refractivity contribution < 1.29 is 9.90 Å². The van der Waals surface area contributed by atoms with Gasteiger partial charge in [0.25, 0.3) is 0 Å². The third-order valence-electron chi connectivity index (χ3n) is 3.27. The lowest BCUT2D eigenvalue weighted by Gasteiger charge is -2.09. The third kappa shape index (κ3) is 1.79. The second-order valence-corrected chi connectivity index (χ2v) is 4.42. The van der Waals surface area contributed by atoms with Gasteiger partial charge in [0.2, 0.25) is 0 Å². The van der Waals surface area contributed by atoms with Crippen LogP contribution in [0.3, 0.4) is 0 Å². The van der Waals surface area contributed by atoms with Crippen molar-refractivity contribution in [2.45, 2.75) is 13.0 Å². The summed E-state index contributed by atoms with van der Waals surface area (Å²) in [6.45, 7) is 1.67. The average molecular weight is 255 g/mol. The van der Waals surface area contributed by atoms with Gasteiger partial charge in [0.15, 0.2) is 0 Å². The van der Waals surface area contributed by atoms with E-state index in [1.807, 2.05) is 30.5 Å². The maximum Gasteiger partial charge on any atom is 0.326 e. The van der Waals surface area contributed by atoms with Gasteiger partial charge in [-0.3, -0.25) is 0 Å². The molecule has 2 heterocycles. The first-order valence-electron chi connectivity index (χ1n) is 6.00.